The summed E-state index contributed by atoms with van der Waals surface area (Å²) in [5, 5.41) is 3.37. The highest BCUT2D eigenvalue weighted by Gasteiger charge is 2.07. The first-order valence-electron chi connectivity index (χ1n) is 3.77. The lowest BCUT2D eigenvalue weighted by Gasteiger charge is -2.18. The molecule has 0 saturated carbocycles. The Morgan fingerprint density at radius 1 is 1.56 bits per heavy atom. The molecule has 1 aliphatic rings. The third-order valence-corrected chi connectivity index (χ3v) is 1.80. The predicted octanol–water partition coefficient (Wildman–Crippen LogP) is 1.56. The van der Waals surface area contributed by atoms with E-state index in [9.17, 15) is 0 Å². The fourth-order valence-corrected chi connectivity index (χ4v) is 1.32. The molecule has 0 aromatic carbocycles. The van der Waals surface area contributed by atoms with Gasteiger partial charge in [-0.05, 0) is 32.2 Å². The van der Waals surface area contributed by atoms with E-state index in [4.69, 9.17) is 0 Å². The molecule has 1 atom stereocenters. The summed E-state index contributed by atoms with van der Waals surface area (Å²) in [6.45, 7) is 4.49. The second-order valence-corrected chi connectivity index (χ2v) is 2.63. The summed E-state index contributed by atoms with van der Waals surface area (Å²) in [4.78, 5) is 0. The van der Waals surface area contributed by atoms with Crippen LogP contribution >= 0.6 is 0 Å². The van der Waals surface area contributed by atoms with Gasteiger partial charge in [0, 0.05) is 6.54 Å². The van der Waals surface area contributed by atoms with Crippen LogP contribution in [0.25, 0.3) is 0 Å². The third-order valence-electron chi connectivity index (χ3n) is 1.80. The standard InChI is InChI=1S/C8H15N/c1-2-4-8-5-3-6-9-7-8/h2,4,8-9H,3,5-7H2,1H3/b4-2+/t8-/m0/s1. The number of hydrogen-bond acceptors (Lipinski definition) is 1. The van der Waals surface area contributed by atoms with Crippen molar-refractivity contribution >= 4 is 0 Å². The predicted molar refractivity (Wildman–Crippen MR) is 40.4 cm³/mol. The monoisotopic (exact) mass is 125 g/mol. The van der Waals surface area contributed by atoms with Crippen LogP contribution in [-0.2, 0) is 0 Å². The fourth-order valence-electron chi connectivity index (χ4n) is 1.32. The van der Waals surface area contributed by atoms with E-state index in [0.717, 1.165) is 5.92 Å². The summed E-state index contributed by atoms with van der Waals surface area (Å²) in [5.41, 5.74) is 0. The van der Waals surface area contributed by atoms with Gasteiger partial charge in [-0.25, -0.2) is 0 Å². The summed E-state index contributed by atoms with van der Waals surface area (Å²) in [5.74, 6) is 0.809. The van der Waals surface area contributed by atoms with Crippen molar-refractivity contribution in [3.63, 3.8) is 0 Å². The van der Waals surface area contributed by atoms with Crippen molar-refractivity contribution in [2.45, 2.75) is 19.8 Å². The number of hydrogen-bond donors (Lipinski definition) is 1. The Morgan fingerprint density at radius 3 is 3.00 bits per heavy atom. The van der Waals surface area contributed by atoms with Gasteiger partial charge in [-0.1, -0.05) is 12.2 Å². The van der Waals surface area contributed by atoms with E-state index in [1.807, 2.05) is 0 Å². The minimum absolute atomic E-state index is 0.809. The van der Waals surface area contributed by atoms with Gasteiger partial charge in [0.2, 0.25) is 0 Å². The van der Waals surface area contributed by atoms with Crippen LogP contribution in [0.4, 0.5) is 0 Å². The first-order valence-corrected chi connectivity index (χ1v) is 3.77. The zero-order chi connectivity index (χ0) is 6.53. The van der Waals surface area contributed by atoms with Gasteiger partial charge >= 0.3 is 0 Å². The maximum atomic E-state index is 3.37. The van der Waals surface area contributed by atoms with Crippen LogP contribution in [0.15, 0.2) is 12.2 Å². The van der Waals surface area contributed by atoms with E-state index in [2.05, 4.69) is 24.4 Å². The molecule has 1 nitrogen and oxygen atoms in total. The Balaban J connectivity index is 2.23. The molecule has 0 amide bonds. The van der Waals surface area contributed by atoms with Crippen LogP contribution in [0.2, 0.25) is 0 Å². The van der Waals surface area contributed by atoms with Crippen LogP contribution in [-0.4, -0.2) is 13.1 Å². The van der Waals surface area contributed by atoms with Gasteiger partial charge in [0.05, 0.1) is 0 Å². The van der Waals surface area contributed by atoms with Crippen molar-refractivity contribution in [3.05, 3.63) is 12.2 Å². The highest BCUT2D eigenvalue weighted by molar-refractivity contribution is 4.88. The number of rotatable bonds is 1. The van der Waals surface area contributed by atoms with E-state index >= 15 is 0 Å². The molecule has 0 aliphatic carbocycles. The van der Waals surface area contributed by atoms with Gasteiger partial charge < -0.3 is 5.32 Å². The first kappa shape index (κ1) is 6.81. The molecule has 0 radical (unpaired) electrons. The number of nitrogens with one attached hydrogen (secondary N) is 1. The highest BCUT2D eigenvalue weighted by atomic mass is 14.9. The number of allylic oxidation sites excluding steroid dienone is 1. The minimum Gasteiger partial charge on any atom is -0.316 e. The molecule has 0 bridgehead atoms. The molecule has 1 heteroatoms. The van der Waals surface area contributed by atoms with E-state index < -0.39 is 0 Å². The van der Waals surface area contributed by atoms with Crippen LogP contribution < -0.4 is 5.32 Å². The smallest absolute Gasteiger partial charge is 0.00142 e. The molecule has 1 N–H and O–H groups in total. The summed E-state index contributed by atoms with van der Waals surface area (Å²) < 4.78 is 0. The molecule has 0 aromatic rings. The van der Waals surface area contributed by atoms with Crippen molar-refractivity contribution in [3.8, 4) is 0 Å². The molecule has 0 unspecified atom stereocenters. The topological polar surface area (TPSA) is 12.0 Å². The first-order chi connectivity index (χ1) is 4.43. The third kappa shape index (κ3) is 2.19. The van der Waals surface area contributed by atoms with Gasteiger partial charge in [-0.2, -0.15) is 0 Å². The maximum Gasteiger partial charge on any atom is 0.00142 e. The van der Waals surface area contributed by atoms with Crippen molar-refractivity contribution in [1.29, 1.82) is 0 Å². The summed E-state index contributed by atoms with van der Waals surface area (Å²) in [7, 11) is 0. The Labute approximate surface area is 57.1 Å². The molecule has 1 rings (SSSR count). The Kier molecular flexibility index (Phi) is 2.78. The van der Waals surface area contributed by atoms with Crippen molar-refractivity contribution in [2.75, 3.05) is 13.1 Å². The molecule has 1 saturated heterocycles. The van der Waals surface area contributed by atoms with E-state index in [1.165, 1.54) is 25.9 Å². The molecule has 1 fully saturated rings. The zero-order valence-corrected chi connectivity index (χ0v) is 6.06. The molecule has 1 heterocycles. The van der Waals surface area contributed by atoms with Gasteiger partial charge in [0.1, 0.15) is 0 Å². The van der Waals surface area contributed by atoms with Gasteiger partial charge in [0.15, 0.2) is 0 Å². The lowest BCUT2D eigenvalue weighted by atomic mass is 9.99. The molecule has 0 spiro atoms. The van der Waals surface area contributed by atoms with Crippen LogP contribution in [0.1, 0.15) is 19.8 Å². The molecule has 9 heavy (non-hydrogen) atoms. The minimum atomic E-state index is 0.809. The summed E-state index contributed by atoms with van der Waals surface area (Å²) >= 11 is 0. The van der Waals surface area contributed by atoms with Crippen molar-refractivity contribution < 1.29 is 0 Å². The zero-order valence-electron chi connectivity index (χ0n) is 6.06. The van der Waals surface area contributed by atoms with Crippen molar-refractivity contribution in [2.24, 2.45) is 5.92 Å². The van der Waals surface area contributed by atoms with Gasteiger partial charge in [-0.3, -0.25) is 0 Å². The summed E-state index contributed by atoms with van der Waals surface area (Å²) in [6, 6.07) is 0. The largest absolute Gasteiger partial charge is 0.316 e. The Morgan fingerprint density at radius 2 is 2.44 bits per heavy atom. The van der Waals surface area contributed by atoms with Crippen molar-refractivity contribution in [1.82, 2.24) is 5.32 Å². The number of piperidine rings is 1. The van der Waals surface area contributed by atoms with Gasteiger partial charge in [-0.15, -0.1) is 0 Å². The lowest BCUT2D eigenvalue weighted by molar-refractivity contribution is 0.438. The Bertz CT molecular complexity index is 90.7. The van der Waals surface area contributed by atoms with E-state index in [0.29, 0.717) is 0 Å². The quantitative estimate of drug-likeness (QED) is 0.524. The fraction of sp³-hybridized carbons (Fsp3) is 0.750. The molecular formula is C8H15N. The normalized spacial score (nSPS) is 29.2. The Hall–Kier alpha value is -0.300. The average molecular weight is 125 g/mol. The van der Waals surface area contributed by atoms with Crippen LogP contribution in [0.5, 0.6) is 0 Å². The second-order valence-electron chi connectivity index (χ2n) is 2.63. The maximum absolute atomic E-state index is 3.37. The van der Waals surface area contributed by atoms with Crippen LogP contribution in [0.3, 0.4) is 0 Å². The molecule has 1 aliphatic heterocycles. The average Bonchev–Trinajstić information content (AvgIpc) is 1.91. The summed E-state index contributed by atoms with van der Waals surface area (Å²) in [6.07, 6.45) is 7.16. The van der Waals surface area contributed by atoms with E-state index in [1.54, 1.807) is 0 Å². The molecular weight excluding hydrogens is 110 g/mol. The van der Waals surface area contributed by atoms with E-state index in [-0.39, 0.29) is 0 Å². The molecule has 0 aromatic heterocycles. The van der Waals surface area contributed by atoms with Gasteiger partial charge in [0.25, 0.3) is 0 Å². The lowest BCUT2D eigenvalue weighted by Crippen LogP contribution is -2.28. The second kappa shape index (κ2) is 3.67. The highest BCUT2D eigenvalue weighted by Crippen LogP contribution is 2.10. The molecule has 52 valence electrons. The SMILES string of the molecule is C/C=C/[C@H]1CCCNC1. The van der Waals surface area contributed by atoms with Crippen LogP contribution in [0, 0.1) is 5.92 Å².